The SMILES string of the molecule is CCCn1ccnc1C(O)c1c(F)c(F)c(F)c(F)c1F. The first-order valence-electron chi connectivity index (χ1n) is 6.10. The van der Waals surface area contributed by atoms with Gasteiger partial charge in [-0.2, -0.15) is 0 Å². The fourth-order valence-electron chi connectivity index (χ4n) is 1.99. The predicted octanol–water partition coefficient (Wildman–Crippen LogP) is 3.07. The maximum absolute atomic E-state index is 13.6. The van der Waals surface area contributed by atoms with Crippen LogP contribution in [0.25, 0.3) is 0 Å². The Morgan fingerprint density at radius 1 is 1.05 bits per heavy atom. The van der Waals surface area contributed by atoms with Gasteiger partial charge in [0.2, 0.25) is 5.82 Å². The third-order valence-corrected chi connectivity index (χ3v) is 2.97. The van der Waals surface area contributed by atoms with Gasteiger partial charge >= 0.3 is 0 Å². The Morgan fingerprint density at radius 2 is 1.57 bits per heavy atom. The van der Waals surface area contributed by atoms with Crippen LogP contribution in [0.3, 0.4) is 0 Å². The van der Waals surface area contributed by atoms with Gasteiger partial charge in [0, 0.05) is 18.9 Å². The number of aryl methyl sites for hydroxylation is 1. The summed E-state index contributed by atoms with van der Waals surface area (Å²) in [6, 6.07) is 0. The summed E-state index contributed by atoms with van der Waals surface area (Å²) in [4.78, 5) is 3.72. The Balaban J connectivity index is 2.58. The first-order valence-corrected chi connectivity index (χ1v) is 6.10. The van der Waals surface area contributed by atoms with Gasteiger partial charge in [0.25, 0.3) is 0 Å². The summed E-state index contributed by atoms with van der Waals surface area (Å²) in [5.41, 5.74) is -1.31. The summed E-state index contributed by atoms with van der Waals surface area (Å²) in [7, 11) is 0. The van der Waals surface area contributed by atoms with Gasteiger partial charge < -0.3 is 9.67 Å². The standard InChI is InChI=1S/C13H11F5N2O/c1-2-4-20-5-3-19-13(20)12(21)6-7(14)9(16)11(18)10(17)8(6)15/h3,5,12,21H,2,4H2,1H3. The molecule has 0 aliphatic carbocycles. The Bertz CT molecular complexity index is 642. The maximum atomic E-state index is 13.6. The van der Waals surface area contributed by atoms with E-state index in [-0.39, 0.29) is 5.82 Å². The number of aliphatic hydroxyl groups is 1. The molecule has 2 aromatic rings. The average molecular weight is 306 g/mol. The highest BCUT2D eigenvalue weighted by molar-refractivity contribution is 5.29. The van der Waals surface area contributed by atoms with Crippen LogP contribution >= 0.6 is 0 Å². The van der Waals surface area contributed by atoms with Gasteiger partial charge in [0.1, 0.15) is 11.9 Å². The molecule has 0 amide bonds. The quantitative estimate of drug-likeness (QED) is 0.535. The molecule has 0 spiro atoms. The van der Waals surface area contributed by atoms with E-state index in [1.807, 2.05) is 6.92 Å². The number of aromatic nitrogens is 2. The van der Waals surface area contributed by atoms with Crippen LogP contribution in [0.5, 0.6) is 0 Å². The molecule has 21 heavy (non-hydrogen) atoms. The van der Waals surface area contributed by atoms with Crippen LogP contribution in [0, 0.1) is 29.1 Å². The van der Waals surface area contributed by atoms with Gasteiger partial charge in [-0.1, -0.05) is 6.92 Å². The first kappa shape index (κ1) is 15.4. The van der Waals surface area contributed by atoms with Crippen molar-refractivity contribution in [3.63, 3.8) is 0 Å². The topological polar surface area (TPSA) is 38.0 Å². The average Bonchev–Trinajstić information content (AvgIpc) is 2.92. The molecule has 0 aliphatic rings. The number of imidazole rings is 1. The van der Waals surface area contributed by atoms with Crippen molar-refractivity contribution in [3.8, 4) is 0 Å². The van der Waals surface area contributed by atoms with Crippen LogP contribution in [0.4, 0.5) is 22.0 Å². The zero-order valence-electron chi connectivity index (χ0n) is 10.9. The molecule has 0 saturated carbocycles. The lowest BCUT2D eigenvalue weighted by Gasteiger charge is -2.15. The summed E-state index contributed by atoms with van der Waals surface area (Å²) in [6.07, 6.45) is 1.28. The molecule has 1 N–H and O–H groups in total. The van der Waals surface area contributed by atoms with E-state index in [0.29, 0.717) is 13.0 Å². The molecule has 1 aromatic heterocycles. The van der Waals surface area contributed by atoms with Crippen LogP contribution in [0.2, 0.25) is 0 Å². The zero-order chi connectivity index (χ0) is 15.7. The summed E-state index contributed by atoms with van der Waals surface area (Å²) >= 11 is 0. The lowest BCUT2D eigenvalue weighted by atomic mass is 10.1. The molecule has 1 unspecified atom stereocenters. The van der Waals surface area contributed by atoms with Crippen molar-refractivity contribution < 1.29 is 27.1 Å². The van der Waals surface area contributed by atoms with E-state index in [1.165, 1.54) is 17.0 Å². The van der Waals surface area contributed by atoms with Gasteiger partial charge in [-0.15, -0.1) is 0 Å². The number of benzene rings is 1. The number of aliphatic hydroxyl groups excluding tert-OH is 1. The Kier molecular flexibility index (Phi) is 4.26. The molecule has 0 radical (unpaired) electrons. The Hall–Kier alpha value is -1.96. The maximum Gasteiger partial charge on any atom is 0.200 e. The van der Waals surface area contributed by atoms with E-state index in [4.69, 9.17) is 0 Å². The van der Waals surface area contributed by atoms with Gasteiger partial charge in [0.05, 0.1) is 5.56 Å². The molecule has 2 rings (SSSR count). The minimum Gasteiger partial charge on any atom is -0.380 e. The lowest BCUT2D eigenvalue weighted by molar-refractivity contribution is 0.188. The third kappa shape index (κ3) is 2.51. The van der Waals surface area contributed by atoms with E-state index in [1.54, 1.807) is 0 Å². The number of nitrogens with zero attached hydrogens (tertiary/aromatic N) is 2. The fourth-order valence-corrected chi connectivity index (χ4v) is 1.99. The van der Waals surface area contributed by atoms with Gasteiger partial charge in [0.15, 0.2) is 23.3 Å². The molecule has 1 atom stereocenters. The summed E-state index contributed by atoms with van der Waals surface area (Å²) < 4.78 is 67.9. The second kappa shape index (κ2) is 5.80. The van der Waals surface area contributed by atoms with E-state index in [2.05, 4.69) is 4.98 Å². The second-order valence-corrected chi connectivity index (χ2v) is 4.36. The number of hydrogen-bond acceptors (Lipinski definition) is 2. The molecular formula is C13H11F5N2O. The van der Waals surface area contributed by atoms with Gasteiger partial charge in [-0.25, -0.2) is 26.9 Å². The number of rotatable bonds is 4. The second-order valence-electron chi connectivity index (χ2n) is 4.36. The molecule has 114 valence electrons. The fraction of sp³-hybridized carbons (Fsp3) is 0.308. The third-order valence-electron chi connectivity index (χ3n) is 2.97. The minimum atomic E-state index is -2.27. The van der Waals surface area contributed by atoms with Crippen molar-refractivity contribution in [1.82, 2.24) is 9.55 Å². The monoisotopic (exact) mass is 306 g/mol. The largest absolute Gasteiger partial charge is 0.380 e. The number of hydrogen-bond donors (Lipinski definition) is 1. The highest BCUT2D eigenvalue weighted by Gasteiger charge is 2.31. The van der Waals surface area contributed by atoms with E-state index < -0.39 is 40.8 Å². The number of halogens is 5. The van der Waals surface area contributed by atoms with Crippen LogP contribution in [0.15, 0.2) is 12.4 Å². The molecule has 3 nitrogen and oxygen atoms in total. The summed E-state index contributed by atoms with van der Waals surface area (Å²) in [5, 5.41) is 9.97. The molecular weight excluding hydrogens is 295 g/mol. The Morgan fingerprint density at radius 3 is 2.10 bits per heavy atom. The summed E-state index contributed by atoms with van der Waals surface area (Å²) in [5.74, 6) is -10.8. The molecule has 0 bridgehead atoms. The molecule has 1 heterocycles. The van der Waals surface area contributed by atoms with Crippen molar-refractivity contribution in [2.24, 2.45) is 0 Å². The normalized spacial score (nSPS) is 12.7. The smallest absolute Gasteiger partial charge is 0.200 e. The molecule has 0 saturated heterocycles. The minimum absolute atomic E-state index is 0.194. The van der Waals surface area contributed by atoms with Crippen molar-refractivity contribution in [2.75, 3.05) is 0 Å². The van der Waals surface area contributed by atoms with Crippen molar-refractivity contribution in [1.29, 1.82) is 0 Å². The molecule has 0 fully saturated rings. The first-order chi connectivity index (χ1) is 9.90. The van der Waals surface area contributed by atoms with Crippen molar-refractivity contribution >= 4 is 0 Å². The zero-order valence-corrected chi connectivity index (χ0v) is 10.9. The predicted molar refractivity (Wildman–Crippen MR) is 62.8 cm³/mol. The molecule has 1 aromatic carbocycles. The lowest BCUT2D eigenvalue weighted by Crippen LogP contribution is -2.16. The van der Waals surface area contributed by atoms with Crippen LogP contribution in [-0.2, 0) is 6.54 Å². The van der Waals surface area contributed by atoms with Gasteiger partial charge in [-0.3, -0.25) is 0 Å². The van der Waals surface area contributed by atoms with Crippen LogP contribution in [0.1, 0.15) is 30.8 Å². The van der Waals surface area contributed by atoms with Crippen LogP contribution < -0.4 is 0 Å². The van der Waals surface area contributed by atoms with E-state index in [0.717, 1.165) is 0 Å². The van der Waals surface area contributed by atoms with E-state index >= 15 is 0 Å². The molecule has 0 aliphatic heterocycles. The van der Waals surface area contributed by atoms with Gasteiger partial charge in [-0.05, 0) is 6.42 Å². The Labute approximate surface area is 116 Å². The molecule has 8 heteroatoms. The summed E-state index contributed by atoms with van der Waals surface area (Å²) in [6.45, 7) is 2.19. The van der Waals surface area contributed by atoms with E-state index in [9.17, 15) is 27.1 Å². The highest BCUT2D eigenvalue weighted by atomic mass is 19.2. The van der Waals surface area contributed by atoms with Crippen molar-refractivity contribution in [3.05, 3.63) is 52.9 Å². The van der Waals surface area contributed by atoms with Crippen molar-refractivity contribution in [2.45, 2.75) is 26.0 Å². The highest BCUT2D eigenvalue weighted by Crippen LogP contribution is 2.30. The van der Waals surface area contributed by atoms with Crippen LogP contribution in [-0.4, -0.2) is 14.7 Å².